The van der Waals surface area contributed by atoms with Crippen LogP contribution in [0.1, 0.15) is 28.8 Å². The van der Waals surface area contributed by atoms with Crippen molar-refractivity contribution in [2.45, 2.75) is 25.8 Å². The molecule has 3 N–H and O–H groups in total. The lowest BCUT2D eigenvalue weighted by molar-refractivity contribution is 0.0904. The average molecular weight is 428 g/mol. The number of hydrogen-bond donors (Lipinski definition) is 2. The maximum atomic E-state index is 12.2. The number of nitrogens with two attached hydrogens (primary N) is 1. The average Bonchev–Trinajstić information content (AvgIpc) is 3.20. The van der Waals surface area contributed by atoms with Gasteiger partial charge in [0.2, 0.25) is 5.91 Å². The van der Waals surface area contributed by atoms with Gasteiger partial charge in [-0.25, -0.2) is 9.97 Å². The lowest BCUT2D eigenvalue weighted by Crippen LogP contribution is -2.28. The molecule has 32 heavy (non-hydrogen) atoms. The second-order valence-corrected chi connectivity index (χ2v) is 8.11. The molecule has 1 saturated heterocycles. The highest BCUT2D eigenvalue weighted by Gasteiger charge is 2.22. The van der Waals surface area contributed by atoms with E-state index in [0.717, 1.165) is 65.3 Å². The standard InChI is InChI=1S/C25H25N5O2/c1-16-5-4-6-18(13-16)30-14-21(19-7-2-3-8-20(19)23(26)31)22-24(27-15-28-25(22)30)29-17-9-11-32-12-10-17/h2-8,13-15,17H,9-12H2,1H3,(H2,26,31)(H,27,28,29). The molecule has 2 aromatic heterocycles. The van der Waals surface area contributed by atoms with Crippen molar-refractivity contribution in [2.24, 2.45) is 5.73 Å². The molecule has 0 bridgehead atoms. The molecule has 3 heterocycles. The molecule has 7 heteroatoms. The van der Waals surface area contributed by atoms with Gasteiger partial charge in [-0.3, -0.25) is 4.79 Å². The van der Waals surface area contributed by atoms with Crippen molar-refractivity contribution in [3.63, 3.8) is 0 Å². The van der Waals surface area contributed by atoms with E-state index in [1.54, 1.807) is 12.4 Å². The normalized spacial score (nSPS) is 14.5. The number of amides is 1. The number of carbonyl (C=O) groups excluding carboxylic acids is 1. The number of anilines is 1. The smallest absolute Gasteiger partial charge is 0.249 e. The number of hydrogen-bond acceptors (Lipinski definition) is 5. The van der Waals surface area contributed by atoms with E-state index in [2.05, 4.69) is 34.3 Å². The third-order valence-corrected chi connectivity index (χ3v) is 5.91. The van der Waals surface area contributed by atoms with E-state index in [1.165, 1.54) is 0 Å². The van der Waals surface area contributed by atoms with E-state index < -0.39 is 5.91 Å². The van der Waals surface area contributed by atoms with Crippen LogP contribution in [-0.4, -0.2) is 39.7 Å². The Balaban J connectivity index is 1.75. The van der Waals surface area contributed by atoms with E-state index in [1.807, 2.05) is 41.1 Å². The van der Waals surface area contributed by atoms with E-state index in [4.69, 9.17) is 10.5 Å². The molecule has 0 aliphatic carbocycles. The minimum Gasteiger partial charge on any atom is -0.381 e. The van der Waals surface area contributed by atoms with E-state index in [-0.39, 0.29) is 6.04 Å². The summed E-state index contributed by atoms with van der Waals surface area (Å²) in [7, 11) is 0. The summed E-state index contributed by atoms with van der Waals surface area (Å²) < 4.78 is 7.55. The van der Waals surface area contributed by atoms with Gasteiger partial charge in [0.05, 0.1) is 5.39 Å². The summed E-state index contributed by atoms with van der Waals surface area (Å²) in [6.07, 6.45) is 5.43. The zero-order valence-electron chi connectivity index (χ0n) is 17.9. The highest BCUT2D eigenvalue weighted by Crippen LogP contribution is 2.37. The second-order valence-electron chi connectivity index (χ2n) is 8.11. The number of nitrogens with zero attached hydrogens (tertiary/aromatic N) is 3. The summed E-state index contributed by atoms with van der Waals surface area (Å²) in [5.74, 6) is 0.287. The Morgan fingerprint density at radius 1 is 1.09 bits per heavy atom. The fourth-order valence-electron chi connectivity index (χ4n) is 4.32. The molecule has 1 aliphatic rings. The molecule has 4 aromatic rings. The van der Waals surface area contributed by atoms with Gasteiger partial charge < -0.3 is 20.4 Å². The Hall–Kier alpha value is -3.71. The zero-order valence-corrected chi connectivity index (χ0v) is 17.9. The van der Waals surface area contributed by atoms with Crippen molar-refractivity contribution in [3.8, 4) is 16.8 Å². The van der Waals surface area contributed by atoms with Gasteiger partial charge in [0, 0.05) is 42.3 Å². The molecule has 1 fully saturated rings. The fourth-order valence-corrected chi connectivity index (χ4v) is 4.32. The van der Waals surface area contributed by atoms with Gasteiger partial charge in [-0.1, -0.05) is 30.3 Å². The maximum absolute atomic E-state index is 12.2. The Kier molecular flexibility index (Phi) is 5.33. The molecule has 1 amide bonds. The summed E-state index contributed by atoms with van der Waals surface area (Å²) in [4.78, 5) is 21.4. The van der Waals surface area contributed by atoms with E-state index >= 15 is 0 Å². The second kappa shape index (κ2) is 8.43. The van der Waals surface area contributed by atoms with Crippen LogP contribution in [0.3, 0.4) is 0 Å². The summed E-state index contributed by atoms with van der Waals surface area (Å²) in [5, 5.41) is 4.47. The number of benzene rings is 2. The van der Waals surface area contributed by atoms with Crippen molar-refractivity contribution in [2.75, 3.05) is 18.5 Å². The van der Waals surface area contributed by atoms with Crippen molar-refractivity contribution < 1.29 is 9.53 Å². The van der Waals surface area contributed by atoms with Crippen LogP contribution in [0.5, 0.6) is 0 Å². The first-order valence-electron chi connectivity index (χ1n) is 10.8. The molecular formula is C25H25N5O2. The van der Waals surface area contributed by atoms with Crippen LogP contribution in [0.15, 0.2) is 61.1 Å². The molecule has 0 saturated carbocycles. The number of aromatic nitrogens is 3. The number of primary amides is 1. The molecular weight excluding hydrogens is 402 g/mol. The molecule has 162 valence electrons. The van der Waals surface area contributed by atoms with E-state index in [0.29, 0.717) is 5.56 Å². The van der Waals surface area contributed by atoms with Crippen LogP contribution in [0.4, 0.5) is 5.82 Å². The van der Waals surface area contributed by atoms with Gasteiger partial charge in [-0.2, -0.15) is 0 Å². The zero-order chi connectivity index (χ0) is 22.1. The first kappa shape index (κ1) is 20.2. The predicted molar refractivity (Wildman–Crippen MR) is 125 cm³/mol. The van der Waals surface area contributed by atoms with Crippen LogP contribution >= 0.6 is 0 Å². The highest BCUT2D eigenvalue weighted by atomic mass is 16.5. The Morgan fingerprint density at radius 3 is 2.69 bits per heavy atom. The summed E-state index contributed by atoms with van der Waals surface area (Å²) in [5.41, 5.74) is 10.7. The van der Waals surface area contributed by atoms with Crippen molar-refractivity contribution >= 4 is 22.8 Å². The van der Waals surface area contributed by atoms with Crippen LogP contribution in [0, 0.1) is 6.92 Å². The topological polar surface area (TPSA) is 95.1 Å². The van der Waals surface area contributed by atoms with Crippen LogP contribution in [0.2, 0.25) is 0 Å². The monoisotopic (exact) mass is 427 g/mol. The van der Waals surface area contributed by atoms with Crippen molar-refractivity contribution in [1.82, 2.24) is 14.5 Å². The molecule has 2 aromatic carbocycles. The van der Waals surface area contributed by atoms with Gasteiger partial charge >= 0.3 is 0 Å². The van der Waals surface area contributed by atoms with Crippen molar-refractivity contribution in [3.05, 3.63) is 72.2 Å². The lowest BCUT2D eigenvalue weighted by atomic mass is 9.99. The SMILES string of the molecule is Cc1cccc(-n2cc(-c3ccccc3C(N)=O)c3c(NC4CCOCC4)ncnc32)c1. The van der Waals surface area contributed by atoms with Gasteiger partial charge in [0.15, 0.2) is 5.65 Å². The van der Waals surface area contributed by atoms with Gasteiger partial charge in [-0.15, -0.1) is 0 Å². The molecule has 0 atom stereocenters. The van der Waals surface area contributed by atoms with E-state index in [9.17, 15) is 4.79 Å². The predicted octanol–water partition coefficient (Wildman–Crippen LogP) is 4.09. The maximum Gasteiger partial charge on any atom is 0.249 e. The minimum absolute atomic E-state index is 0.267. The van der Waals surface area contributed by atoms with Crippen LogP contribution in [-0.2, 0) is 4.74 Å². The minimum atomic E-state index is -0.465. The quantitative estimate of drug-likeness (QED) is 0.500. The Labute approximate surface area is 186 Å². The highest BCUT2D eigenvalue weighted by molar-refractivity contribution is 6.08. The third kappa shape index (κ3) is 3.71. The summed E-state index contributed by atoms with van der Waals surface area (Å²) >= 11 is 0. The van der Waals surface area contributed by atoms with Gasteiger partial charge in [0.1, 0.15) is 12.1 Å². The fraction of sp³-hybridized carbons (Fsp3) is 0.240. The number of nitrogens with one attached hydrogen (secondary N) is 1. The number of rotatable bonds is 5. The lowest BCUT2D eigenvalue weighted by Gasteiger charge is -2.24. The van der Waals surface area contributed by atoms with Crippen LogP contribution < -0.4 is 11.1 Å². The Morgan fingerprint density at radius 2 is 1.91 bits per heavy atom. The third-order valence-electron chi connectivity index (χ3n) is 5.91. The molecule has 7 nitrogen and oxygen atoms in total. The molecule has 1 aliphatic heterocycles. The molecule has 0 radical (unpaired) electrons. The summed E-state index contributed by atoms with van der Waals surface area (Å²) in [6.45, 7) is 3.52. The molecule has 5 rings (SSSR count). The van der Waals surface area contributed by atoms with Crippen molar-refractivity contribution in [1.29, 1.82) is 0 Å². The van der Waals surface area contributed by atoms with Gasteiger partial charge in [-0.05, 0) is 49.1 Å². The number of ether oxygens (including phenoxy) is 1. The number of aryl methyl sites for hydroxylation is 1. The number of carbonyl (C=O) groups is 1. The number of fused-ring (bicyclic) bond motifs is 1. The summed E-state index contributed by atoms with van der Waals surface area (Å²) in [6, 6.07) is 15.9. The first-order valence-corrected chi connectivity index (χ1v) is 10.8. The first-order chi connectivity index (χ1) is 15.6. The Bertz CT molecular complexity index is 1290. The van der Waals surface area contributed by atoms with Crippen LogP contribution in [0.25, 0.3) is 27.8 Å². The van der Waals surface area contributed by atoms with Gasteiger partial charge in [0.25, 0.3) is 0 Å². The molecule has 0 unspecified atom stereocenters. The largest absolute Gasteiger partial charge is 0.381 e. The molecule has 0 spiro atoms.